The summed E-state index contributed by atoms with van der Waals surface area (Å²) in [4.78, 5) is 18.7. The lowest BCUT2D eigenvalue weighted by atomic mass is 10.1. The number of urea groups is 1. The molecule has 26 heavy (non-hydrogen) atoms. The molecule has 1 aromatic heterocycles. The molecule has 1 aromatic carbocycles. The summed E-state index contributed by atoms with van der Waals surface area (Å²) in [7, 11) is 1.64. The van der Waals surface area contributed by atoms with Crippen molar-refractivity contribution in [2.75, 3.05) is 25.5 Å². The van der Waals surface area contributed by atoms with E-state index in [1.165, 1.54) is 0 Å². The van der Waals surface area contributed by atoms with Crippen molar-refractivity contribution in [3.63, 3.8) is 0 Å². The van der Waals surface area contributed by atoms with Crippen molar-refractivity contribution >= 4 is 11.7 Å². The number of likely N-dealkylation sites (tertiary alicyclic amines) is 1. The van der Waals surface area contributed by atoms with Crippen molar-refractivity contribution in [1.29, 1.82) is 0 Å². The summed E-state index contributed by atoms with van der Waals surface area (Å²) < 4.78 is 11.4. The highest BCUT2D eigenvalue weighted by Crippen LogP contribution is 2.29. The monoisotopic (exact) mass is 355 g/mol. The molecule has 3 rings (SSSR count). The average Bonchev–Trinajstić information content (AvgIpc) is 2.65. The van der Waals surface area contributed by atoms with Crippen molar-refractivity contribution in [1.82, 2.24) is 9.88 Å². The maximum absolute atomic E-state index is 12.5. The van der Waals surface area contributed by atoms with Crippen molar-refractivity contribution in [3.8, 4) is 11.5 Å². The number of hydrogen-bond acceptors (Lipinski definition) is 4. The minimum Gasteiger partial charge on any atom is -0.493 e. The van der Waals surface area contributed by atoms with Gasteiger partial charge in [-0.2, -0.15) is 0 Å². The number of methoxy groups -OCH3 is 1. The molecule has 6 nitrogen and oxygen atoms in total. The number of hydrogen-bond donors (Lipinski definition) is 1. The zero-order valence-corrected chi connectivity index (χ0v) is 15.5. The van der Waals surface area contributed by atoms with E-state index in [2.05, 4.69) is 10.3 Å². The molecule has 0 unspecified atom stereocenters. The van der Waals surface area contributed by atoms with Crippen molar-refractivity contribution in [2.45, 2.75) is 32.8 Å². The number of aromatic nitrogens is 1. The second kappa shape index (κ2) is 8.08. The largest absolute Gasteiger partial charge is 0.493 e. The third-order valence-corrected chi connectivity index (χ3v) is 4.56. The predicted octanol–water partition coefficient (Wildman–Crippen LogP) is 3.78. The lowest BCUT2D eigenvalue weighted by Gasteiger charge is -2.32. The maximum Gasteiger partial charge on any atom is 0.321 e. The van der Waals surface area contributed by atoms with Crippen LogP contribution in [0.3, 0.4) is 0 Å². The summed E-state index contributed by atoms with van der Waals surface area (Å²) in [6, 6.07) is 11.3. The van der Waals surface area contributed by atoms with Gasteiger partial charge in [0.05, 0.1) is 18.5 Å². The standard InChI is InChI=1S/C20H25N3O3/c1-14-8-9-17(15(2)21-14)22-20(24)23-12-10-16(11-13-23)26-19-7-5-4-6-18(19)25-3/h4-9,16H,10-13H2,1-3H3,(H,22,24). The van der Waals surface area contributed by atoms with Crippen LogP contribution in [0.1, 0.15) is 24.2 Å². The molecule has 138 valence electrons. The number of aryl methyl sites for hydroxylation is 2. The molecule has 0 aliphatic carbocycles. The van der Waals surface area contributed by atoms with E-state index in [1.54, 1.807) is 7.11 Å². The minimum absolute atomic E-state index is 0.0816. The van der Waals surface area contributed by atoms with Gasteiger partial charge in [0.25, 0.3) is 0 Å². The molecule has 0 saturated carbocycles. The second-order valence-corrected chi connectivity index (χ2v) is 6.47. The lowest BCUT2D eigenvalue weighted by Crippen LogP contribution is -2.43. The number of carbonyl (C=O) groups excluding carboxylic acids is 1. The first-order valence-electron chi connectivity index (χ1n) is 8.86. The number of ether oxygens (including phenoxy) is 2. The number of nitrogens with one attached hydrogen (secondary N) is 1. The molecule has 2 amide bonds. The van der Waals surface area contributed by atoms with Crippen molar-refractivity contribution < 1.29 is 14.3 Å². The van der Waals surface area contributed by atoms with Gasteiger partial charge in [-0.15, -0.1) is 0 Å². The maximum atomic E-state index is 12.5. The Morgan fingerprint density at radius 1 is 1.12 bits per heavy atom. The van der Waals surface area contributed by atoms with Gasteiger partial charge in [-0.05, 0) is 38.1 Å². The van der Waals surface area contributed by atoms with E-state index < -0.39 is 0 Å². The molecular weight excluding hydrogens is 330 g/mol. The van der Waals surface area contributed by atoms with Crippen LogP contribution in [0, 0.1) is 13.8 Å². The van der Waals surface area contributed by atoms with Crippen LogP contribution in [-0.2, 0) is 0 Å². The van der Waals surface area contributed by atoms with Crippen LogP contribution in [-0.4, -0.2) is 42.2 Å². The Morgan fingerprint density at radius 2 is 1.81 bits per heavy atom. The summed E-state index contributed by atoms with van der Waals surface area (Å²) in [5.41, 5.74) is 2.52. The zero-order valence-electron chi connectivity index (χ0n) is 15.5. The highest BCUT2D eigenvalue weighted by molar-refractivity contribution is 5.89. The Bertz CT molecular complexity index is 771. The van der Waals surface area contributed by atoms with E-state index in [4.69, 9.17) is 9.47 Å². The molecular formula is C20H25N3O3. The fraction of sp³-hybridized carbons (Fsp3) is 0.400. The SMILES string of the molecule is COc1ccccc1OC1CCN(C(=O)Nc2ccc(C)nc2C)CC1. The number of anilines is 1. The van der Waals surface area contributed by atoms with Crippen LogP contribution < -0.4 is 14.8 Å². The molecule has 0 radical (unpaired) electrons. The Hall–Kier alpha value is -2.76. The number of nitrogens with zero attached hydrogens (tertiary/aromatic N) is 2. The van der Waals surface area contributed by atoms with Gasteiger partial charge in [-0.1, -0.05) is 12.1 Å². The normalized spacial score (nSPS) is 14.8. The first-order chi connectivity index (χ1) is 12.6. The molecule has 6 heteroatoms. The molecule has 0 atom stereocenters. The summed E-state index contributed by atoms with van der Waals surface area (Å²) in [5.74, 6) is 1.48. The smallest absolute Gasteiger partial charge is 0.321 e. The molecule has 2 aromatic rings. The molecule has 1 fully saturated rings. The zero-order chi connectivity index (χ0) is 18.5. The van der Waals surface area contributed by atoms with Gasteiger partial charge in [0.1, 0.15) is 6.10 Å². The highest BCUT2D eigenvalue weighted by Gasteiger charge is 2.25. The lowest BCUT2D eigenvalue weighted by molar-refractivity contribution is 0.112. The number of rotatable bonds is 4. The van der Waals surface area contributed by atoms with E-state index in [-0.39, 0.29) is 12.1 Å². The summed E-state index contributed by atoms with van der Waals surface area (Å²) in [6.45, 7) is 5.15. The quantitative estimate of drug-likeness (QED) is 0.906. The van der Waals surface area contributed by atoms with Crippen molar-refractivity contribution in [3.05, 3.63) is 47.8 Å². The number of piperidine rings is 1. The Morgan fingerprint density at radius 3 is 2.46 bits per heavy atom. The minimum atomic E-state index is -0.0884. The topological polar surface area (TPSA) is 63.7 Å². The average molecular weight is 355 g/mol. The molecule has 0 bridgehead atoms. The Kier molecular flexibility index (Phi) is 5.61. The Balaban J connectivity index is 1.54. The fourth-order valence-electron chi connectivity index (χ4n) is 3.09. The molecule has 1 aliphatic rings. The van der Waals surface area contributed by atoms with Gasteiger partial charge in [-0.3, -0.25) is 4.98 Å². The third kappa shape index (κ3) is 4.25. The Labute approximate surface area is 154 Å². The predicted molar refractivity (Wildman–Crippen MR) is 101 cm³/mol. The number of amides is 2. The number of benzene rings is 1. The number of pyridine rings is 1. The van der Waals surface area contributed by atoms with Crippen LogP contribution in [0.5, 0.6) is 11.5 Å². The first kappa shape index (κ1) is 18.0. The van der Waals surface area contributed by atoms with Crippen LogP contribution in [0.4, 0.5) is 10.5 Å². The summed E-state index contributed by atoms with van der Waals surface area (Å²) >= 11 is 0. The molecule has 1 aliphatic heterocycles. The highest BCUT2D eigenvalue weighted by atomic mass is 16.5. The van der Waals surface area contributed by atoms with Crippen LogP contribution in [0.2, 0.25) is 0 Å². The fourth-order valence-corrected chi connectivity index (χ4v) is 3.09. The molecule has 0 spiro atoms. The van der Waals surface area contributed by atoms with Gasteiger partial charge >= 0.3 is 6.03 Å². The molecule has 1 saturated heterocycles. The van der Waals surface area contributed by atoms with E-state index in [0.29, 0.717) is 13.1 Å². The van der Waals surface area contributed by atoms with Gasteiger partial charge in [0.15, 0.2) is 11.5 Å². The van der Waals surface area contributed by atoms with Gasteiger partial charge in [0, 0.05) is 31.6 Å². The number of para-hydroxylation sites is 2. The van der Waals surface area contributed by atoms with E-state index in [1.807, 2.05) is 55.1 Å². The summed E-state index contributed by atoms with van der Waals surface area (Å²) in [6.07, 6.45) is 1.66. The van der Waals surface area contributed by atoms with Gasteiger partial charge in [-0.25, -0.2) is 4.79 Å². The van der Waals surface area contributed by atoms with Gasteiger partial charge in [0.2, 0.25) is 0 Å². The van der Waals surface area contributed by atoms with E-state index in [0.717, 1.165) is 41.4 Å². The molecule has 1 N–H and O–H groups in total. The van der Waals surface area contributed by atoms with Crippen LogP contribution >= 0.6 is 0 Å². The number of carbonyl (C=O) groups is 1. The first-order valence-corrected chi connectivity index (χ1v) is 8.86. The molecule has 2 heterocycles. The van der Waals surface area contributed by atoms with Gasteiger partial charge < -0.3 is 19.7 Å². The summed E-state index contributed by atoms with van der Waals surface area (Å²) in [5, 5.41) is 2.95. The van der Waals surface area contributed by atoms with Crippen LogP contribution in [0.25, 0.3) is 0 Å². The van der Waals surface area contributed by atoms with Crippen LogP contribution in [0.15, 0.2) is 36.4 Å². The third-order valence-electron chi connectivity index (χ3n) is 4.56. The second-order valence-electron chi connectivity index (χ2n) is 6.47. The van der Waals surface area contributed by atoms with Crippen molar-refractivity contribution in [2.24, 2.45) is 0 Å². The van der Waals surface area contributed by atoms with E-state index in [9.17, 15) is 4.79 Å². The van der Waals surface area contributed by atoms with E-state index >= 15 is 0 Å².